The summed E-state index contributed by atoms with van der Waals surface area (Å²) in [6.45, 7) is 1.35. The van der Waals surface area contributed by atoms with Crippen LogP contribution in [0.4, 0.5) is 0 Å². The molecule has 39 heavy (non-hydrogen) atoms. The average molecular weight is 568 g/mol. The third kappa shape index (κ3) is 10.7. The topological polar surface area (TPSA) is 208 Å². The second kappa shape index (κ2) is 18.5. The van der Waals surface area contributed by atoms with Gasteiger partial charge in [0, 0.05) is 13.0 Å². The van der Waals surface area contributed by atoms with E-state index in [-0.39, 0.29) is 12.5 Å². The van der Waals surface area contributed by atoms with Gasteiger partial charge in [-0.2, -0.15) is 0 Å². The fraction of sp³-hybridized carbons (Fsp3) is 0.962. The molecule has 2 saturated heterocycles. The third-order valence-corrected chi connectivity index (χ3v) is 7.14. The number of aliphatic hydroxyl groups is 7. The van der Waals surface area contributed by atoms with E-state index in [0.717, 1.165) is 19.3 Å². The van der Waals surface area contributed by atoms with Crippen molar-refractivity contribution in [3.05, 3.63) is 0 Å². The first-order chi connectivity index (χ1) is 18.7. The maximum Gasteiger partial charge on any atom is 0.219 e. The number of hydrogen-bond acceptors (Lipinski definition) is 12. The Morgan fingerprint density at radius 3 is 1.95 bits per heavy atom. The molecular weight excluding hydrogens is 518 g/mol. The lowest BCUT2D eigenvalue weighted by atomic mass is 9.97. The zero-order chi connectivity index (χ0) is 28.8. The highest BCUT2D eigenvalue weighted by Gasteiger charge is 2.50. The van der Waals surface area contributed by atoms with Gasteiger partial charge in [0.15, 0.2) is 12.6 Å². The molecule has 2 fully saturated rings. The highest BCUT2D eigenvalue weighted by molar-refractivity contribution is 5.75. The van der Waals surface area contributed by atoms with Gasteiger partial charge in [-0.1, -0.05) is 51.9 Å². The van der Waals surface area contributed by atoms with Crippen molar-refractivity contribution in [1.82, 2.24) is 5.32 Å². The van der Waals surface area contributed by atoms with Crippen LogP contribution in [0.2, 0.25) is 0 Å². The van der Waals surface area contributed by atoms with Gasteiger partial charge in [-0.25, -0.2) is 0 Å². The first kappa shape index (κ1) is 34.2. The second-order valence-electron chi connectivity index (χ2n) is 10.3. The van der Waals surface area contributed by atoms with Crippen molar-refractivity contribution >= 4 is 5.91 Å². The molecule has 0 radical (unpaired) electrons. The van der Waals surface area contributed by atoms with E-state index in [4.69, 9.17) is 18.9 Å². The van der Waals surface area contributed by atoms with E-state index in [2.05, 4.69) is 12.2 Å². The summed E-state index contributed by atoms with van der Waals surface area (Å²) in [5, 5.41) is 73.1. The van der Waals surface area contributed by atoms with E-state index >= 15 is 0 Å². The van der Waals surface area contributed by atoms with Crippen LogP contribution < -0.4 is 5.32 Å². The molecule has 2 heterocycles. The zero-order valence-electron chi connectivity index (χ0n) is 22.8. The molecule has 0 spiro atoms. The number of hydrogen-bond donors (Lipinski definition) is 8. The molecule has 0 aliphatic carbocycles. The molecule has 230 valence electrons. The third-order valence-electron chi connectivity index (χ3n) is 7.14. The molecule has 2 aliphatic heterocycles. The molecule has 0 aromatic carbocycles. The number of nitrogens with one attached hydrogen (secondary N) is 1. The molecule has 6 unspecified atom stereocenters. The number of amides is 1. The summed E-state index contributed by atoms with van der Waals surface area (Å²) in [5.41, 5.74) is 0. The minimum absolute atomic E-state index is 0.0288. The van der Waals surface area contributed by atoms with Gasteiger partial charge in [0.2, 0.25) is 5.91 Å². The summed E-state index contributed by atoms with van der Waals surface area (Å²) in [7, 11) is 0. The Morgan fingerprint density at radius 1 is 0.718 bits per heavy atom. The number of aliphatic hydroxyl groups excluding tert-OH is 7. The van der Waals surface area contributed by atoms with Crippen LogP contribution in [0, 0.1) is 0 Å². The molecule has 0 bridgehead atoms. The monoisotopic (exact) mass is 567 g/mol. The highest BCUT2D eigenvalue weighted by Crippen LogP contribution is 2.29. The predicted molar refractivity (Wildman–Crippen MR) is 137 cm³/mol. The Hall–Kier alpha value is -0.970. The maximum absolute atomic E-state index is 12.0. The van der Waals surface area contributed by atoms with Crippen molar-refractivity contribution in [2.24, 2.45) is 0 Å². The summed E-state index contributed by atoms with van der Waals surface area (Å²) < 4.78 is 21.9. The van der Waals surface area contributed by atoms with E-state index < -0.39 is 74.6 Å². The smallest absolute Gasteiger partial charge is 0.219 e. The minimum atomic E-state index is -1.73. The lowest BCUT2D eigenvalue weighted by Gasteiger charge is -2.45. The van der Waals surface area contributed by atoms with Gasteiger partial charge < -0.3 is 60.0 Å². The molecule has 1 amide bonds. The van der Waals surface area contributed by atoms with Crippen LogP contribution in [-0.4, -0.2) is 129 Å². The lowest BCUT2D eigenvalue weighted by molar-refractivity contribution is -0.359. The fourth-order valence-corrected chi connectivity index (χ4v) is 4.70. The summed E-state index contributed by atoms with van der Waals surface area (Å²) in [6.07, 6.45) is -4.73. The number of carbonyl (C=O) groups excluding carboxylic acids is 1. The van der Waals surface area contributed by atoms with Crippen molar-refractivity contribution in [3.63, 3.8) is 0 Å². The van der Waals surface area contributed by atoms with Crippen LogP contribution in [0.5, 0.6) is 0 Å². The standard InChI is InChI=1S/C26H49NO12/c1-2-3-4-5-6-7-8-9-11-18(30)27-12-10-13-36-25-23(35)21(33)24(17(15-29)38-25)39-26-22(34)20(32)19(31)16(14-28)37-26/h16-17,19-26,28-29,31-35H,2-15H2,1H3,(H,27,30)/t16?,17?,19-,20?,21?,22+,23+,24-,25?,26?/m0/s1. The van der Waals surface area contributed by atoms with Gasteiger partial charge in [-0.3, -0.25) is 4.79 Å². The number of carbonyl (C=O) groups is 1. The maximum atomic E-state index is 12.0. The largest absolute Gasteiger partial charge is 0.394 e. The van der Waals surface area contributed by atoms with Gasteiger partial charge in [-0.05, 0) is 12.8 Å². The van der Waals surface area contributed by atoms with Crippen LogP contribution >= 0.6 is 0 Å². The van der Waals surface area contributed by atoms with E-state index in [9.17, 15) is 40.5 Å². The lowest BCUT2D eigenvalue weighted by Crippen LogP contribution is -2.64. The van der Waals surface area contributed by atoms with Crippen molar-refractivity contribution < 1.29 is 59.5 Å². The van der Waals surface area contributed by atoms with E-state index in [1.165, 1.54) is 32.1 Å². The van der Waals surface area contributed by atoms with Gasteiger partial charge in [0.25, 0.3) is 0 Å². The highest BCUT2D eigenvalue weighted by atomic mass is 16.7. The Bertz CT molecular complexity index is 669. The first-order valence-corrected chi connectivity index (χ1v) is 14.2. The Balaban J connectivity index is 1.68. The molecule has 13 heteroatoms. The molecule has 0 saturated carbocycles. The summed E-state index contributed by atoms with van der Waals surface area (Å²) in [5.74, 6) is -0.0288. The van der Waals surface area contributed by atoms with Crippen molar-refractivity contribution in [2.45, 2.75) is 133 Å². The predicted octanol–water partition coefficient (Wildman–Crippen LogP) is -1.34. The summed E-state index contributed by atoms with van der Waals surface area (Å²) >= 11 is 0. The second-order valence-corrected chi connectivity index (χ2v) is 10.3. The van der Waals surface area contributed by atoms with Crippen LogP contribution in [-0.2, 0) is 23.7 Å². The summed E-state index contributed by atoms with van der Waals surface area (Å²) in [6, 6.07) is 0. The SMILES string of the molecule is CCCCCCCCCCC(=O)NCCCOC1OC(CO)[C@H](OC2OC(CO)[C@H](O)C(O)[C@H]2O)C(O)[C@H]1O. The normalized spacial score (nSPS) is 35.2. The molecule has 13 nitrogen and oxygen atoms in total. The van der Waals surface area contributed by atoms with E-state index in [0.29, 0.717) is 19.4 Å². The molecule has 8 N–H and O–H groups in total. The molecule has 0 aromatic heterocycles. The van der Waals surface area contributed by atoms with Gasteiger partial charge in [-0.15, -0.1) is 0 Å². The van der Waals surface area contributed by atoms with Crippen LogP contribution in [0.25, 0.3) is 0 Å². The van der Waals surface area contributed by atoms with Crippen LogP contribution in [0.3, 0.4) is 0 Å². The van der Waals surface area contributed by atoms with Crippen molar-refractivity contribution in [1.29, 1.82) is 0 Å². The van der Waals surface area contributed by atoms with Crippen molar-refractivity contribution in [3.8, 4) is 0 Å². The zero-order valence-corrected chi connectivity index (χ0v) is 22.8. The summed E-state index contributed by atoms with van der Waals surface area (Å²) in [4.78, 5) is 12.0. The van der Waals surface area contributed by atoms with Crippen molar-refractivity contribution in [2.75, 3.05) is 26.4 Å². The number of ether oxygens (including phenoxy) is 4. The van der Waals surface area contributed by atoms with Gasteiger partial charge in [0.05, 0.1) is 19.8 Å². The molecule has 10 atom stereocenters. The Kier molecular flexibility index (Phi) is 16.2. The fourth-order valence-electron chi connectivity index (χ4n) is 4.70. The Labute approximate surface area is 230 Å². The van der Waals surface area contributed by atoms with Crippen LogP contribution in [0.15, 0.2) is 0 Å². The number of unbranched alkanes of at least 4 members (excludes halogenated alkanes) is 7. The van der Waals surface area contributed by atoms with Crippen LogP contribution in [0.1, 0.15) is 71.1 Å². The van der Waals surface area contributed by atoms with Gasteiger partial charge >= 0.3 is 0 Å². The first-order valence-electron chi connectivity index (χ1n) is 14.2. The van der Waals surface area contributed by atoms with Gasteiger partial charge in [0.1, 0.15) is 48.8 Å². The minimum Gasteiger partial charge on any atom is -0.394 e. The molecule has 2 rings (SSSR count). The average Bonchev–Trinajstić information content (AvgIpc) is 2.93. The molecule has 0 aromatic rings. The number of rotatable bonds is 18. The van der Waals surface area contributed by atoms with E-state index in [1.54, 1.807) is 0 Å². The molecular formula is C26H49NO12. The quantitative estimate of drug-likeness (QED) is 0.0906. The molecule has 2 aliphatic rings. The Morgan fingerprint density at radius 2 is 1.31 bits per heavy atom. The van der Waals surface area contributed by atoms with E-state index in [1.807, 2.05) is 0 Å².